The van der Waals surface area contributed by atoms with Gasteiger partial charge in [0.05, 0.1) is 12.6 Å². The number of hydrogen-bond acceptors (Lipinski definition) is 4. The average Bonchev–Trinajstić information content (AvgIpc) is 3.19. The molecule has 24 heavy (non-hydrogen) atoms. The number of imidazole rings is 1. The molecule has 2 saturated heterocycles. The fourth-order valence-electron chi connectivity index (χ4n) is 4.53. The summed E-state index contributed by atoms with van der Waals surface area (Å²) in [5.74, 6) is 1.67. The fourth-order valence-corrected chi connectivity index (χ4v) is 4.53. The van der Waals surface area contributed by atoms with Gasteiger partial charge < -0.3 is 15.0 Å². The smallest absolute Gasteiger partial charge is 0.120 e. The SMILES string of the molecule is CN1CC[C@@H](O)[C@@H]2[C@@H](C1)N(Cc1ncc[nH]1)C[C@H]2c1ccccc1. The molecular weight excluding hydrogens is 300 g/mol. The number of nitrogens with one attached hydrogen (secondary N) is 1. The topological polar surface area (TPSA) is 55.4 Å². The molecule has 128 valence electrons. The standard InChI is InChI=1S/C19H26N4O/c1-22-10-7-17(24)19-15(14-5-3-2-4-6-14)11-23(16(19)12-22)13-18-20-8-9-21-18/h2-6,8-9,15-17,19,24H,7,10-13H2,1H3,(H,20,21)/t15-,16+,17+,19-/m0/s1. The number of likely N-dealkylation sites (tertiary alicyclic amines) is 2. The van der Waals surface area contributed by atoms with E-state index < -0.39 is 0 Å². The summed E-state index contributed by atoms with van der Waals surface area (Å²) in [6, 6.07) is 11.1. The molecule has 2 N–H and O–H groups in total. The molecule has 2 fully saturated rings. The summed E-state index contributed by atoms with van der Waals surface area (Å²) in [4.78, 5) is 12.5. The highest BCUT2D eigenvalue weighted by atomic mass is 16.3. The van der Waals surface area contributed by atoms with Crippen LogP contribution in [0.3, 0.4) is 0 Å². The van der Waals surface area contributed by atoms with Gasteiger partial charge in [0.2, 0.25) is 0 Å². The Balaban J connectivity index is 1.65. The third kappa shape index (κ3) is 2.99. The van der Waals surface area contributed by atoms with Crippen LogP contribution in [0, 0.1) is 5.92 Å². The Morgan fingerprint density at radius 1 is 1.25 bits per heavy atom. The van der Waals surface area contributed by atoms with Gasteiger partial charge in [0, 0.05) is 49.9 Å². The molecule has 2 aromatic rings. The molecule has 0 amide bonds. The first-order valence-electron chi connectivity index (χ1n) is 8.86. The monoisotopic (exact) mass is 326 g/mol. The highest BCUT2D eigenvalue weighted by molar-refractivity contribution is 5.24. The van der Waals surface area contributed by atoms with Crippen molar-refractivity contribution in [2.75, 3.05) is 26.7 Å². The van der Waals surface area contributed by atoms with E-state index in [1.165, 1.54) is 5.56 Å². The molecule has 2 aliphatic rings. The molecule has 1 aromatic heterocycles. The van der Waals surface area contributed by atoms with E-state index in [9.17, 15) is 5.11 Å². The number of aliphatic hydroxyl groups excluding tert-OH is 1. The Labute approximate surface area is 143 Å². The van der Waals surface area contributed by atoms with Crippen molar-refractivity contribution in [1.82, 2.24) is 19.8 Å². The lowest BCUT2D eigenvalue weighted by atomic mass is 9.81. The van der Waals surface area contributed by atoms with Crippen LogP contribution in [0.15, 0.2) is 42.7 Å². The zero-order valence-corrected chi connectivity index (χ0v) is 14.2. The van der Waals surface area contributed by atoms with Gasteiger partial charge in [-0.3, -0.25) is 4.90 Å². The molecule has 1 aromatic carbocycles. The molecule has 0 saturated carbocycles. The highest BCUT2D eigenvalue weighted by Crippen LogP contribution is 2.42. The van der Waals surface area contributed by atoms with Crippen LogP contribution in [0.4, 0.5) is 0 Å². The summed E-state index contributed by atoms with van der Waals surface area (Å²) in [5.41, 5.74) is 1.35. The van der Waals surface area contributed by atoms with Crippen LogP contribution in [0.2, 0.25) is 0 Å². The largest absolute Gasteiger partial charge is 0.393 e. The number of nitrogens with zero attached hydrogens (tertiary/aromatic N) is 3. The molecule has 4 rings (SSSR count). The van der Waals surface area contributed by atoms with E-state index in [0.29, 0.717) is 12.0 Å². The Morgan fingerprint density at radius 3 is 2.83 bits per heavy atom. The van der Waals surface area contributed by atoms with E-state index in [0.717, 1.165) is 38.4 Å². The van der Waals surface area contributed by atoms with Crippen LogP contribution >= 0.6 is 0 Å². The molecule has 3 heterocycles. The van der Waals surface area contributed by atoms with E-state index in [-0.39, 0.29) is 12.0 Å². The number of hydrogen-bond donors (Lipinski definition) is 2. The first-order chi connectivity index (χ1) is 11.7. The lowest BCUT2D eigenvalue weighted by molar-refractivity contribution is 0.0795. The third-order valence-corrected chi connectivity index (χ3v) is 5.69. The highest BCUT2D eigenvalue weighted by Gasteiger charge is 2.47. The van der Waals surface area contributed by atoms with E-state index >= 15 is 0 Å². The van der Waals surface area contributed by atoms with Crippen molar-refractivity contribution in [1.29, 1.82) is 0 Å². The van der Waals surface area contributed by atoms with Crippen molar-refractivity contribution in [3.05, 3.63) is 54.1 Å². The van der Waals surface area contributed by atoms with Gasteiger partial charge >= 0.3 is 0 Å². The lowest BCUT2D eigenvalue weighted by Crippen LogP contribution is -2.41. The van der Waals surface area contributed by atoms with Gasteiger partial charge in [0.15, 0.2) is 0 Å². The molecule has 0 unspecified atom stereocenters. The predicted molar refractivity (Wildman–Crippen MR) is 93.6 cm³/mol. The maximum absolute atomic E-state index is 10.9. The number of fused-ring (bicyclic) bond motifs is 1. The zero-order valence-electron chi connectivity index (χ0n) is 14.2. The maximum Gasteiger partial charge on any atom is 0.120 e. The molecule has 0 bridgehead atoms. The summed E-state index contributed by atoms with van der Waals surface area (Å²) in [7, 11) is 2.16. The van der Waals surface area contributed by atoms with E-state index in [2.05, 4.69) is 57.1 Å². The zero-order chi connectivity index (χ0) is 16.5. The van der Waals surface area contributed by atoms with Crippen molar-refractivity contribution < 1.29 is 5.11 Å². The van der Waals surface area contributed by atoms with Crippen LogP contribution in [0.1, 0.15) is 23.7 Å². The first kappa shape index (κ1) is 15.8. The number of aromatic nitrogens is 2. The van der Waals surface area contributed by atoms with Crippen LogP contribution < -0.4 is 0 Å². The Morgan fingerprint density at radius 2 is 2.08 bits per heavy atom. The van der Waals surface area contributed by atoms with Gasteiger partial charge in [-0.05, 0) is 19.0 Å². The van der Waals surface area contributed by atoms with Crippen molar-refractivity contribution in [3.63, 3.8) is 0 Å². The second-order valence-corrected chi connectivity index (χ2v) is 7.25. The van der Waals surface area contributed by atoms with E-state index in [1.807, 2.05) is 12.4 Å². The summed E-state index contributed by atoms with van der Waals surface area (Å²) >= 11 is 0. The van der Waals surface area contributed by atoms with Crippen LogP contribution in [0.5, 0.6) is 0 Å². The minimum absolute atomic E-state index is 0.244. The van der Waals surface area contributed by atoms with Gasteiger partial charge in [-0.25, -0.2) is 4.98 Å². The Bertz CT molecular complexity index is 645. The lowest BCUT2D eigenvalue weighted by Gasteiger charge is -2.30. The molecule has 4 atom stereocenters. The summed E-state index contributed by atoms with van der Waals surface area (Å²) in [5, 5.41) is 10.9. The van der Waals surface area contributed by atoms with Crippen molar-refractivity contribution >= 4 is 0 Å². The first-order valence-corrected chi connectivity index (χ1v) is 8.86. The quantitative estimate of drug-likeness (QED) is 0.901. The number of aromatic amines is 1. The number of H-pyrrole nitrogens is 1. The molecule has 5 nitrogen and oxygen atoms in total. The Kier molecular flexibility index (Phi) is 4.39. The van der Waals surface area contributed by atoms with Gasteiger partial charge in [-0.1, -0.05) is 30.3 Å². The summed E-state index contributed by atoms with van der Waals surface area (Å²) < 4.78 is 0. The summed E-state index contributed by atoms with van der Waals surface area (Å²) in [6.45, 7) is 3.76. The number of aliphatic hydroxyl groups is 1. The molecule has 0 spiro atoms. The fraction of sp³-hybridized carbons (Fsp3) is 0.526. The van der Waals surface area contributed by atoms with Gasteiger partial charge in [0.25, 0.3) is 0 Å². The minimum atomic E-state index is -0.244. The second-order valence-electron chi connectivity index (χ2n) is 7.25. The normalized spacial score (nSPS) is 31.8. The third-order valence-electron chi connectivity index (χ3n) is 5.69. The van der Waals surface area contributed by atoms with E-state index in [4.69, 9.17) is 0 Å². The molecular formula is C19H26N4O. The number of rotatable bonds is 3. The van der Waals surface area contributed by atoms with Crippen LogP contribution in [-0.2, 0) is 6.54 Å². The average molecular weight is 326 g/mol. The molecule has 2 aliphatic heterocycles. The molecule has 0 aliphatic carbocycles. The summed E-state index contributed by atoms with van der Waals surface area (Å²) in [6.07, 6.45) is 4.30. The van der Waals surface area contributed by atoms with Gasteiger partial charge in [0.1, 0.15) is 5.82 Å². The predicted octanol–water partition coefficient (Wildman–Crippen LogP) is 1.69. The van der Waals surface area contributed by atoms with Crippen molar-refractivity contribution in [2.24, 2.45) is 5.92 Å². The molecule has 0 radical (unpaired) electrons. The van der Waals surface area contributed by atoms with Gasteiger partial charge in [-0.15, -0.1) is 0 Å². The van der Waals surface area contributed by atoms with Crippen molar-refractivity contribution in [2.45, 2.75) is 31.0 Å². The number of benzene rings is 1. The van der Waals surface area contributed by atoms with Crippen LogP contribution in [-0.4, -0.2) is 63.7 Å². The molecule has 5 heteroatoms. The van der Waals surface area contributed by atoms with Crippen molar-refractivity contribution in [3.8, 4) is 0 Å². The second kappa shape index (κ2) is 6.67. The van der Waals surface area contributed by atoms with Gasteiger partial charge in [-0.2, -0.15) is 0 Å². The Hall–Kier alpha value is -1.69. The minimum Gasteiger partial charge on any atom is -0.393 e. The van der Waals surface area contributed by atoms with E-state index in [1.54, 1.807) is 0 Å². The number of likely N-dealkylation sites (N-methyl/N-ethyl adjacent to an activating group) is 1. The maximum atomic E-state index is 10.9. The van der Waals surface area contributed by atoms with Crippen LogP contribution in [0.25, 0.3) is 0 Å².